The Morgan fingerprint density at radius 2 is 2.37 bits per heavy atom. The van der Waals surface area contributed by atoms with E-state index in [4.69, 9.17) is 9.47 Å². The van der Waals surface area contributed by atoms with E-state index >= 15 is 0 Å². The first-order valence-electron chi connectivity index (χ1n) is 6.46. The summed E-state index contributed by atoms with van der Waals surface area (Å²) < 4.78 is 10.5. The molecule has 1 aromatic carbocycles. The van der Waals surface area contributed by atoms with Crippen LogP contribution in [0.25, 0.3) is 0 Å². The third-order valence-electron chi connectivity index (χ3n) is 3.18. The maximum Gasteiger partial charge on any atom is 0.407 e. The SMILES string of the molecule is COc1ccc(C)cc1COC(=O)NC1CCNC1. The van der Waals surface area contributed by atoms with Crippen molar-refractivity contribution in [3.63, 3.8) is 0 Å². The fraction of sp³-hybridized carbons (Fsp3) is 0.500. The molecule has 0 aromatic heterocycles. The van der Waals surface area contributed by atoms with Gasteiger partial charge in [-0.25, -0.2) is 4.79 Å². The summed E-state index contributed by atoms with van der Waals surface area (Å²) in [6, 6.07) is 5.98. The van der Waals surface area contributed by atoms with E-state index in [2.05, 4.69) is 10.6 Å². The van der Waals surface area contributed by atoms with Gasteiger partial charge in [0, 0.05) is 18.2 Å². The van der Waals surface area contributed by atoms with Gasteiger partial charge in [0.15, 0.2) is 0 Å². The Labute approximate surface area is 113 Å². The first-order valence-corrected chi connectivity index (χ1v) is 6.46. The van der Waals surface area contributed by atoms with E-state index in [-0.39, 0.29) is 18.7 Å². The molecule has 2 rings (SSSR count). The van der Waals surface area contributed by atoms with E-state index in [1.807, 2.05) is 25.1 Å². The maximum absolute atomic E-state index is 11.7. The van der Waals surface area contributed by atoms with Gasteiger partial charge in [-0.3, -0.25) is 0 Å². The number of alkyl carbamates (subject to hydrolysis) is 1. The van der Waals surface area contributed by atoms with Gasteiger partial charge < -0.3 is 20.1 Å². The normalized spacial score (nSPS) is 18.1. The zero-order chi connectivity index (χ0) is 13.7. The summed E-state index contributed by atoms with van der Waals surface area (Å²) in [5, 5.41) is 6.02. The largest absolute Gasteiger partial charge is 0.496 e. The van der Waals surface area contributed by atoms with Crippen LogP contribution < -0.4 is 15.4 Å². The molecule has 104 valence electrons. The molecule has 1 aliphatic heterocycles. The minimum absolute atomic E-state index is 0.173. The lowest BCUT2D eigenvalue weighted by atomic mass is 10.1. The molecule has 5 nitrogen and oxygen atoms in total. The summed E-state index contributed by atoms with van der Waals surface area (Å²) in [6.07, 6.45) is 0.570. The van der Waals surface area contributed by atoms with Gasteiger partial charge in [-0.05, 0) is 32.0 Å². The zero-order valence-electron chi connectivity index (χ0n) is 11.4. The van der Waals surface area contributed by atoms with Gasteiger partial charge in [0.2, 0.25) is 0 Å². The van der Waals surface area contributed by atoms with Crippen molar-refractivity contribution >= 4 is 6.09 Å². The van der Waals surface area contributed by atoms with Crippen molar-refractivity contribution in [1.29, 1.82) is 0 Å². The third kappa shape index (κ3) is 3.86. The monoisotopic (exact) mass is 264 g/mol. The quantitative estimate of drug-likeness (QED) is 0.867. The summed E-state index contributed by atoms with van der Waals surface area (Å²) >= 11 is 0. The molecule has 1 heterocycles. The highest BCUT2D eigenvalue weighted by Crippen LogP contribution is 2.20. The van der Waals surface area contributed by atoms with Crippen LogP contribution in [-0.4, -0.2) is 32.3 Å². The lowest BCUT2D eigenvalue weighted by Gasteiger charge is -2.13. The molecule has 1 atom stereocenters. The van der Waals surface area contributed by atoms with Gasteiger partial charge in [0.25, 0.3) is 0 Å². The topological polar surface area (TPSA) is 59.6 Å². The summed E-state index contributed by atoms with van der Waals surface area (Å²) in [5.74, 6) is 0.737. The minimum atomic E-state index is -0.378. The van der Waals surface area contributed by atoms with Gasteiger partial charge >= 0.3 is 6.09 Å². The molecule has 1 saturated heterocycles. The van der Waals surface area contributed by atoms with Crippen LogP contribution in [0.4, 0.5) is 4.79 Å². The lowest BCUT2D eigenvalue weighted by molar-refractivity contribution is 0.135. The maximum atomic E-state index is 11.7. The van der Waals surface area contributed by atoms with Crippen molar-refractivity contribution in [3.05, 3.63) is 29.3 Å². The van der Waals surface area contributed by atoms with E-state index in [1.165, 1.54) is 0 Å². The molecule has 5 heteroatoms. The molecule has 0 spiro atoms. The first-order chi connectivity index (χ1) is 9.19. The molecular weight excluding hydrogens is 244 g/mol. The second-order valence-electron chi connectivity index (χ2n) is 4.73. The Hall–Kier alpha value is -1.75. The van der Waals surface area contributed by atoms with Crippen molar-refractivity contribution in [3.8, 4) is 5.75 Å². The van der Waals surface area contributed by atoms with Gasteiger partial charge in [0.1, 0.15) is 12.4 Å². The predicted molar refractivity (Wildman–Crippen MR) is 72.3 cm³/mol. The van der Waals surface area contributed by atoms with Gasteiger partial charge in [-0.15, -0.1) is 0 Å². The molecular formula is C14H20N2O3. The smallest absolute Gasteiger partial charge is 0.407 e. The molecule has 1 unspecified atom stereocenters. The molecule has 0 aliphatic carbocycles. The fourth-order valence-electron chi connectivity index (χ4n) is 2.15. The number of amides is 1. The summed E-state index contributed by atoms with van der Waals surface area (Å²) in [4.78, 5) is 11.7. The van der Waals surface area contributed by atoms with Crippen LogP contribution in [0.1, 0.15) is 17.5 Å². The first kappa shape index (κ1) is 13.7. The highest BCUT2D eigenvalue weighted by molar-refractivity contribution is 5.67. The van der Waals surface area contributed by atoms with E-state index < -0.39 is 0 Å². The van der Waals surface area contributed by atoms with Crippen LogP contribution in [0.5, 0.6) is 5.75 Å². The predicted octanol–water partition coefficient (Wildman–Crippen LogP) is 1.59. The molecule has 1 aromatic rings. The molecule has 0 radical (unpaired) electrons. The molecule has 1 amide bonds. The van der Waals surface area contributed by atoms with Crippen molar-refractivity contribution in [1.82, 2.24) is 10.6 Å². The van der Waals surface area contributed by atoms with E-state index in [0.29, 0.717) is 0 Å². The number of hydrogen-bond donors (Lipinski definition) is 2. The Morgan fingerprint density at radius 1 is 1.53 bits per heavy atom. The van der Waals surface area contributed by atoms with Gasteiger partial charge in [0.05, 0.1) is 7.11 Å². The Kier molecular flexibility index (Phi) is 4.63. The van der Waals surface area contributed by atoms with Crippen LogP contribution in [-0.2, 0) is 11.3 Å². The van der Waals surface area contributed by atoms with E-state index in [9.17, 15) is 4.79 Å². The molecule has 0 bridgehead atoms. The Balaban J connectivity index is 1.87. The third-order valence-corrected chi connectivity index (χ3v) is 3.18. The molecule has 1 aliphatic rings. The average Bonchev–Trinajstić information content (AvgIpc) is 2.89. The number of methoxy groups -OCH3 is 1. The van der Waals surface area contributed by atoms with Crippen LogP contribution in [0.3, 0.4) is 0 Å². The van der Waals surface area contributed by atoms with Gasteiger partial charge in [-0.2, -0.15) is 0 Å². The van der Waals surface area contributed by atoms with Crippen molar-refractivity contribution in [2.45, 2.75) is 26.0 Å². The number of hydrogen-bond acceptors (Lipinski definition) is 4. The van der Waals surface area contributed by atoms with Crippen molar-refractivity contribution in [2.24, 2.45) is 0 Å². The second-order valence-corrected chi connectivity index (χ2v) is 4.73. The summed E-state index contributed by atoms with van der Waals surface area (Å²) in [5.41, 5.74) is 1.99. The lowest BCUT2D eigenvalue weighted by Crippen LogP contribution is -2.36. The van der Waals surface area contributed by atoms with Gasteiger partial charge in [-0.1, -0.05) is 11.6 Å². The molecule has 19 heavy (non-hydrogen) atoms. The highest BCUT2D eigenvalue weighted by Gasteiger charge is 2.17. The van der Waals surface area contributed by atoms with Crippen LogP contribution in [0.2, 0.25) is 0 Å². The number of aryl methyl sites for hydroxylation is 1. The molecule has 1 fully saturated rings. The van der Waals surface area contributed by atoms with Crippen LogP contribution in [0, 0.1) is 6.92 Å². The summed E-state index contributed by atoms with van der Waals surface area (Å²) in [7, 11) is 1.61. The van der Waals surface area contributed by atoms with Crippen molar-refractivity contribution < 1.29 is 14.3 Å². The summed E-state index contributed by atoms with van der Waals surface area (Å²) in [6.45, 7) is 3.96. The zero-order valence-corrected chi connectivity index (χ0v) is 11.4. The standard InChI is InChI=1S/C14H20N2O3/c1-10-3-4-13(18-2)11(7-10)9-19-14(17)16-12-5-6-15-8-12/h3-4,7,12,15H,5-6,8-9H2,1-2H3,(H,16,17). The molecule has 0 saturated carbocycles. The molecule has 2 N–H and O–H groups in total. The van der Waals surface area contributed by atoms with E-state index in [0.717, 1.165) is 36.4 Å². The van der Waals surface area contributed by atoms with Crippen LogP contribution >= 0.6 is 0 Å². The number of carbonyl (C=O) groups is 1. The average molecular weight is 264 g/mol. The van der Waals surface area contributed by atoms with Crippen LogP contribution in [0.15, 0.2) is 18.2 Å². The number of benzene rings is 1. The Morgan fingerprint density at radius 3 is 3.05 bits per heavy atom. The number of rotatable bonds is 4. The number of carbonyl (C=O) groups excluding carboxylic acids is 1. The van der Waals surface area contributed by atoms with E-state index in [1.54, 1.807) is 7.11 Å². The Bertz CT molecular complexity index is 442. The minimum Gasteiger partial charge on any atom is -0.496 e. The second kappa shape index (κ2) is 6.43. The number of nitrogens with one attached hydrogen (secondary N) is 2. The fourth-order valence-corrected chi connectivity index (χ4v) is 2.15. The highest BCUT2D eigenvalue weighted by atomic mass is 16.5. The number of ether oxygens (including phenoxy) is 2. The van der Waals surface area contributed by atoms with Crippen molar-refractivity contribution in [2.75, 3.05) is 20.2 Å².